The molecule has 0 aromatic heterocycles. The number of likely N-dealkylation sites (tertiary alicyclic amines) is 1. The molecule has 176 valence electrons. The second-order valence-corrected chi connectivity index (χ2v) is 10.5. The topological polar surface area (TPSA) is 97.0 Å². The highest BCUT2D eigenvalue weighted by Gasteiger charge is 2.55. The summed E-state index contributed by atoms with van der Waals surface area (Å²) >= 11 is 0. The maximum Gasteiger partial charge on any atom is 0.482 e. The Hall–Kier alpha value is -1.61. The van der Waals surface area contributed by atoms with Crippen LogP contribution < -0.4 is 10.6 Å². The minimum Gasteiger partial charge on any atom is -0.402 e. The first kappa shape index (κ1) is 25.7. The van der Waals surface area contributed by atoms with Crippen LogP contribution in [0.25, 0.3) is 0 Å². The summed E-state index contributed by atoms with van der Waals surface area (Å²) in [5, 5.41) is 5.83. The van der Waals surface area contributed by atoms with Crippen molar-refractivity contribution >= 4 is 24.8 Å². The molecule has 2 heterocycles. The molecule has 0 aromatic rings. The molecule has 0 saturated carbocycles. The molecule has 0 radical (unpaired) electrons. The van der Waals surface area contributed by atoms with E-state index in [0.717, 1.165) is 6.42 Å². The van der Waals surface area contributed by atoms with Gasteiger partial charge in [-0.25, -0.2) is 0 Å². The van der Waals surface area contributed by atoms with Gasteiger partial charge in [-0.05, 0) is 52.4 Å². The van der Waals surface area contributed by atoms with Crippen LogP contribution in [0, 0.1) is 11.8 Å². The molecule has 31 heavy (non-hydrogen) atoms. The lowest BCUT2D eigenvalue weighted by Gasteiger charge is -2.32. The van der Waals surface area contributed by atoms with E-state index < -0.39 is 30.4 Å². The number of carbonyl (C=O) groups excluding carboxylic acids is 3. The van der Waals surface area contributed by atoms with Crippen molar-refractivity contribution in [2.75, 3.05) is 6.54 Å². The van der Waals surface area contributed by atoms with Crippen LogP contribution in [0.1, 0.15) is 75.2 Å². The minimum atomic E-state index is -0.644. The summed E-state index contributed by atoms with van der Waals surface area (Å²) in [6.07, 6.45) is 1.34. The average Bonchev–Trinajstić information content (AvgIpc) is 3.18. The predicted octanol–water partition coefficient (Wildman–Crippen LogP) is 1.91. The zero-order valence-electron chi connectivity index (χ0n) is 20.6. The SMILES string of the molecule is CC(=O)N[C@H](C(=O)N1CCC[C@H]1C(=O)N[C@H](B1OC(C)(C)C(C)(C)O1)C(C)C)C(C)C. The summed E-state index contributed by atoms with van der Waals surface area (Å²) in [5.41, 5.74) is -0.985. The van der Waals surface area contributed by atoms with Crippen molar-refractivity contribution in [3.05, 3.63) is 0 Å². The van der Waals surface area contributed by atoms with Gasteiger partial charge in [-0.15, -0.1) is 0 Å². The van der Waals surface area contributed by atoms with Crippen molar-refractivity contribution in [2.45, 2.75) is 104 Å². The minimum absolute atomic E-state index is 0.0751. The fourth-order valence-electron chi connectivity index (χ4n) is 4.06. The summed E-state index contributed by atoms with van der Waals surface area (Å²) in [6.45, 7) is 17.6. The van der Waals surface area contributed by atoms with E-state index in [1.54, 1.807) is 4.90 Å². The zero-order chi connectivity index (χ0) is 23.7. The van der Waals surface area contributed by atoms with E-state index in [4.69, 9.17) is 9.31 Å². The summed E-state index contributed by atoms with van der Waals surface area (Å²) in [6, 6.07) is -1.21. The van der Waals surface area contributed by atoms with E-state index in [1.165, 1.54) is 6.92 Å². The Morgan fingerprint density at radius 2 is 1.52 bits per heavy atom. The van der Waals surface area contributed by atoms with Crippen LogP contribution in [0.5, 0.6) is 0 Å². The zero-order valence-corrected chi connectivity index (χ0v) is 20.6. The van der Waals surface area contributed by atoms with Gasteiger partial charge in [0.25, 0.3) is 0 Å². The fraction of sp³-hybridized carbons (Fsp3) is 0.864. The first-order chi connectivity index (χ1) is 14.2. The van der Waals surface area contributed by atoms with Crippen molar-refractivity contribution in [2.24, 2.45) is 11.8 Å². The van der Waals surface area contributed by atoms with Gasteiger partial charge in [-0.1, -0.05) is 27.7 Å². The molecule has 0 aromatic carbocycles. The molecule has 0 unspecified atom stereocenters. The Balaban J connectivity index is 2.15. The smallest absolute Gasteiger partial charge is 0.402 e. The third-order valence-electron chi connectivity index (χ3n) is 6.72. The molecule has 0 spiro atoms. The monoisotopic (exact) mass is 437 g/mol. The van der Waals surface area contributed by atoms with Crippen molar-refractivity contribution in [3.8, 4) is 0 Å². The van der Waals surface area contributed by atoms with Crippen LogP contribution in [-0.4, -0.2) is 65.5 Å². The van der Waals surface area contributed by atoms with Gasteiger partial charge >= 0.3 is 7.12 Å². The van der Waals surface area contributed by atoms with E-state index in [0.29, 0.717) is 13.0 Å². The molecule has 2 fully saturated rings. The van der Waals surface area contributed by atoms with Gasteiger partial charge in [-0.2, -0.15) is 0 Å². The number of nitrogens with one attached hydrogen (secondary N) is 2. The summed E-state index contributed by atoms with van der Waals surface area (Å²) in [5.74, 6) is -1.01. The van der Waals surface area contributed by atoms with Crippen molar-refractivity contribution in [3.63, 3.8) is 0 Å². The lowest BCUT2D eigenvalue weighted by Crippen LogP contribution is -2.58. The normalized spacial score (nSPS) is 24.4. The van der Waals surface area contributed by atoms with Gasteiger partial charge in [0.1, 0.15) is 12.1 Å². The molecule has 2 N–H and O–H groups in total. The number of carbonyl (C=O) groups is 3. The van der Waals surface area contributed by atoms with E-state index in [1.807, 2.05) is 55.4 Å². The maximum atomic E-state index is 13.3. The molecular weight excluding hydrogens is 397 g/mol. The molecular formula is C22H40BN3O5. The Morgan fingerprint density at radius 1 is 0.968 bits per heavy atom. The highest BCUT2D eigenvalue weighted by atomic mass is 16.7. The molecule has 0 bridgehead atoms. The van der Waals surface area contributed by atoms with E-state index >= 15 is 0 Å². The Labute approximate surface area is 187 Å². The standard InChI is InChI=1S/C22H40BN3O5/c1-13(2)17(24-15(5)27)20(29)26-12-10-11-16(26)19(28)25-18(14(3)4)23-30-21(6,7)22(8,9)31-23/h13-14,16-18H,10-12H2,1-9H3,(H,24,27)(H,25,28)/t16-,17-,18-/m0/s1. The van der Waals surface area contributed by atoms with Crippen LogP contribution in [0.4, 0.5) is 0 Å². The van der Waals surface area contributed by atoms with Crippen LogP contribution in [0.15, 0.2) is 0 Å². The number of hydrogen-bond acceptors (Lipinski definition) is 5. The quantitative estimate of drug-likeness (QED) is 0.594. The lowest BCUT2D eigenvalue weighted by atomic mass is 9.72. The van der Waals surface area contributed by atoms with Crippen molar-refractivity contribution in [1.29, 1.82) is 0 Å². The largest absolute Gasteiger partial charge is 0.482 e. The maximum absolute atomic E-state index is 13.3. The van der Waals surface area contributed by atoms with Crippen molar-refractivity contribution in [1.82, 2.24) is 15.5 Å². The first-order valence-electron chi connectivity index (χ1n) is 11.4. The van der Waals surface area contributed by atoms with Gasteiger partial charge in [0.2, 0.25) is 17.7 Å². The van der Waals surface area contributed by atoms with Crippen LogP contribution in [0.3, 0.4) is 0 Å². The van der Waals surface area contributed by atoms with Crippen molar-refractivity contribution < 1.29 is 23.7 Å². The molecule has 0 aliphatic carbocycles. The summed E-state index contributed by atoms with van der Waals surface area (Å²) in [4.78, 5) is 39.6. The van der Waals surface area contributed by atoms with E-state index in [-0.39, 0.29) is 35.5 Å². The van der Waals surface area contributed by atoms with Crippen LogP contribution >= 0.6 is 0 Å². The third-order valence-corrected chi connectivity index (χ3v) is 6.72. The summed E-state index contributed by atoms with van der Waals surface area (Å²) in [7, 11) is -0.567. The van der Waals surface area contributed by atoms with Gasteiger partial charge in [0.05, 0.1) is 17.1 Å². The molecule has 2 aliphatic heterocycles. The van der Waals surface area contributed by atoms with Gasteiger partial charge in [0, 0.05) is 13.5 Å². The molecule has 2 aliphatic rings. The first-order valence-corrected chi connectivity index (χ1v) is 11.4. The molecule has 3 amide bonds. The second kappa shape index (κ2) is 9.49. The van der Waals surface area contributed by atoms with E-state index in [9.17, 15) is 14.4 Å². The highest BCUT2D eigenvalue weighted by Crippen LogP contribution is 2.38. The second-order valence-electron chi connectivity index (χ2n) is 10.5. The molecule has 9 heteroatoms. The molecule has 3 atom stereocenters. The average molecular weight is 437 g/mol. The molecule has 2 rings (SSSR count). The summed E-state index contributed by atoms with van der Waals surface area (Å²) < 4.78 is 12.3. The Morgan fingerprint density at radius 3 is 1.97 bits per heavy atom. The van der Waals surface area contributed by atoms with Gasteiger partial charge in [-0.3, -0.25) is 14.4 Å². The molecule has 2 saturated heterocycles. The number of hydrogen-bond donors (Lipinski definition) is 2. The van der Waals surface area contributed by atoms with Crippen LogP contribution in [0.2, 0.25) is 0 Å². The predicted molar refractivity (Wildman–Crippen MR) is 120 cm³/mol. The molecule has 8 nitrogen and oxygen atoms in total. The number of amides is 3. The fourth-order valence-corrected chi connectivity index (χ4v) is 4.06. The Bertz CT molecular complexity index is 679. The number of rotatable bonds is 7. The lowest BCUT2D eigenvalue weighted by molar-refractivity contribution is -0.142. The highest BCUT2D eigenvalue weighted by molar-refractivity contribution is 6.48. The van der Waals surface area contributed by atoms with Gasteiger partial charge in [0.15, 0.2) is 0 Å². The third kappa shape index (κ3) is 5.61. The van der Waals surface area contributed by atoms with Gasteiger partial charge < -0.3 is 24.8 Å². The van der Waals surface area contributed by atoms with Crippen LogP contribution in [-0.2, 0) is 23.7 Å². The Kier molecular flexibility index (Phi) is 7.85. The van der Waals surface area contributed by atoms with E-state index in [2.05, 4.69) is 10.6 Å². The number of nitrogens with zero attached hydrogens (tertiary/aromatic N) is 1.